The van der Waals surface area contributed by atoms with Crippen molar-refractivity contribution < 1.29 is 277 Å². The molecule has 11 rings (SSSR count). The highest BCUT2D eigenvalue weighted by Crippen LogP contribution is 2.42. The van der Waals surface area contributed by atoms with Crippen LogP contribution in [0.3, 0.4) is 0 Å². The Labute approximate surface area is 740 Å². The first-order valence-corrected chi connectivity index (χ1v) is 41.7. The summed E-state index contributed by atoms with van der Waals surface area (Å²) in [6.45, 7) is -10.0. The number of amides is 3. The Morgan fingerprint density at radius 2 is 0.412 bits per heavy atom. The van der Waals surface area contributed by atoms with E-state index in [1.54, 1.807) is 0 Å². The van der Waals surface area contributed by atoms with Crippen molar-refractivity contribution in [3.8, 4) is 0 Å². The Bertz CT molecular complexity index is 3520. The van der Waals surface area contributed by atoms with Gasteiger partial charge in [-0.05, 0) is 0 Å². The fourth-order valence-electron chi connectivity index (χ4n) is 17.0. The molecule has 0 radical (unpaired) electrons. The molecule has 0 aromatic heterocycles. The third-order valence-electron chi connectivity index (χ3n) is 24.2. The van der Waals surface area contributed by atoms with Crippen LogP contribution in [0.1, 0.15) is 20.8 Å². The summed E-state index contributed by atoms with van der Waals surface area (Å²) < 4.78 is 125. The number of aliphatic hydroxyl groups excluding tert-OH is 32. The van der Waals surface area contributed by atoms with Gasteiger partial charge in [-0.3, -0.25) is 14.4 Å². The minimum Gasteiger partial charge on any atom is -0.394 e. The molecule has 0 spiro atoms. The lowest BCUT2D eigenvalue weighted by atomic mass is 9.94. The monoisotopic (exact) mass is 1920 g/mol. The highest BCUT2D eigenvalue weighted by molar-refractivity contribution is 5.74. The molecule has 760 valence electrons. The predicted molar refractivity (Wildman–Crippen MR) is 397 cm³/mol. The second-order valence-corrected chi connectivity index (χ2v) is 33.0. The zero-order valence-electron chi connectivity index (χ0n) is 69.6. The van der Waals surface area contributed by atoms with Crippen molar-refractivity contribution in [2.45, 2.75) is 358 Å². The van der Waals surface area contributed by atoms with Gasteiger partial charge in [0.15, 0.2) is 69.2 Å². The van der Waals surface area contributed by atoms with E-state index in [1.807, 2.05) is 0 Å². The Balaban J connectivity index is 0.933. The minimum atomic E-state index is -2.70. The zero-order valence-corrected chi connectivity index (χ0v) is 69.6. The molecule has 11 saturated heterocycles. The molecule has 131 heavy (non-hydrogen) atoms. The summed E-state index contributed by atoms with van der Waals surface area (Å²) in [7, 11) is 0. The average molecular weight is 1920 g/mol. The van der Waals surface area contributed by atoms with Crippen LogP contribution in [0.25, 0.3) is 0 Å². The van der Waals surface area contributed by atoms with Crippen molar-refractivity contribution in [1.82, 2.24) is 16.0 Å². The molecule has 59 heteroatoms. The fourth-order valence-corrected chi connectivity index (χ4v) is 17.0. The first-order chi connectivity index (χ1) is 62.1. The Kier molecular flexibility index (Phi) is 38.7. The smallest absolute Gasteiger partial charge is 0.217 e. The number of hydrogen-bond acceptors (Lipinski definition) is 56. The quantitative estimate of drug-likeness (QED) is 0.0284. The SMILES string of the molecule is CC(=O)N[C@H]1[C@H](O[C@H]2[C@H](O)[C@@H](NC(C)=O)C(O)O[C@@H]2CO)O[C@H](CO)[C@@H](O[C@@H]2O[C@H](CO[C@H]3O[C@H](CO)[C@@H](O)[C@H](O)[C@@H]3O[C@@H]3O[C@H](CO)[C@@H](O[C@@H]4O[C@H](CO)[C@H](O)[C@H](O)[C@H]4O)[C@H](O)[C@H]3NC(C)=O)[C@@H](O)[C@H](O[C@H]3O[C@H](CO)[C@@H](O)[C@H](O)[C@@H]3O[C@H]3O[C@H](CO)[C@@H](O)[C@H](O)[C@@H]3O[C@H]3O[C@H](CO)[C@@H](O)[C@H](O)[C@@H]3O[C@H]3O[C@H](CO)[C@@H](O)[C@H](O)[C@@H]3O[C@H]3O[C@H](CO)[C@@H](O)[C@H](O)[C@@H]3O)[C@@H]2O)[C@@H]1O. The molecule has 0 bridgehead atoms. The summed E-state index contributed by atoms with van der Waals surface area (Å²) in [6, 6.07) is -5.64. The van der Waals surface area contributed by atoms with Gasteiger partial charge in [-0.2, -0.15) is 0 Å². The molecule has 0 aliphatic carbocycles. The lowest BCUT2D eigenvalue weighted by molar-refractivity contribution is -0.418. The highest BCUT2D eigenvalue weighted by atomic mass is 16.8. The standard InChI is InChI=1S/C72H121N3O56/c1-15(86)73-29-40(97)53(25(11-83)112-62(29)110)123-63-30(74-16(2)87)41(98)55(27(13-85)120-63)125-67-52(109)56(39(96)28(122-67)14-111-68-57(45(102)34(91)20(6-78)115-68)127-64-31(75-17(3)88)42(99)54(26(12-84)121-64)124-65-50(107)43(100)32(89)18(4-76)113-65)126-69-59(47(104)36(93)21(7-79)116-69)129-71-61(49(106)38(95)23(9-81)118-71)131-72-60(48(105)37(94)24(10-82)119-72)130-70-58(46(103)35(92)22(8-80)117-70)128-66-51(108)44(101)33(90)19(5-77)114-66/h18-72,76-85,89-110H,4-14H2,1-3H3,(H,73,86)(H,74,87)(H,75,88)/t18-,19-,20-,21-,22-,23-,24-,25-,26-,27-,28-,29-,30-,31-,32+,33-,34-,35-,36-,37-,38-,39-,40-,41-,42-,43+,44+,45+,46+,47+,48+,49+,50-,51+,52+,53-,54-,55-,56+,57+,58+,59+,60+,61+,62?,63+,64+,65+,66-,67+,68+,69-,70-,71-,72-/m1/s1. The minimum absolute atomic E-state index is 0.820. The fraction of sp³-hybridized carbons (Fsp3) is 0.958. The van der Waals surface area contributed by atoms with Gasteiger partial charge in [0.2, 0.25) is 17.7 Å². The molecule has 59 nitrogen and oxygen atoms in total. The lowest BCUT2D eigenvalue weighted by Crippen LogP contribution is -2.70. The number of rotatable bonds is 34. The van der Waals surface area contributed by atoms with Crippen LogP contribution in [0.5, 0.6) is 0 Å². The van der Waals surface area contributed by atoms with Gasteiger partial charge >= 0.3 is 0 Å². The van der Waals surface area contributed by atoms with E-state index in [0.717, 1.165) is 20.8 Å². The number of nitrogens with one attached hydrogen (secondary N) is 3. The third kappa shape index (κ3) is 23.3. The van der Waals surface area contributed by atoms with Crippen molar-refractivity contribution >= 4 is 17.7 Å². The first kappa shape index (κ1) is 108. The van der Waals surface area contributed by atoms with Crippen LogP contribution in [0, 0.1) is 0 Å². The van der Waals surface area contributed by atoms with E-state index in [0.29, 0.717) is 0 Å². The van der Waals surface area contributed by atoms with Gasteiger partial charge < -0.3 is 279 Å². The molecule has 0 aromatic rings. The van der Waals surface area contributed by atoms with Crippen LogP contribution in [-0.2, 0) is 114 Å². The van der Waals surface area contributed by atoms with Gasteiger partial charge in [0.05, 0.1) is 72.7 Å². The summed E-state index contributed by atoms with van der Waals surface area (Å²) in [5, 5.41) is 365. The molecular weight excluding hydrogens is 1800 g/mol. The normalized spacial score (nSPS) is 50.7. The van der Waals surface area contributed by atoms with E-state index in [-0.39, 0.29) is 0 Å². The van der Waals surface area contributed by atoms with Gasteiger partial charge in [0.1, 0.15) is 268 Å². The van der Waals surface area contributed by atoms with Gasteiger partial charge in [0.25, 0.3) is 0 Å². The molecule has 11 aliphatic heterocycles. The average Bonchev–Trinajstić information content (AvgIpc) is 0.745. The zero-order chi connectivity index (χ0) is 96.2. The molecule has 3 amide bonds. The van der Waals surface area contributed by atoms with E-state index in [1.165, 1.54) is 0 Å². The van der Waals surface area contributed by atoms with Crippen LogP contribution >= 0.6 is 0 Å². The molecule has 0 saturated carbocycles. The molecule has 0 aromatic carbocycles. The topological polar surface area (TPSA) is 928 Å². The maximum atomic E-state index is 13.1. The van der Waals surface area contributed by atoms with Gasteiger partial charge in [-0.1, -0.05) is 0 Å². The van der Waals surface area contributed by atoms with Crippen molar-refractivity contribution in [2.24, 2.45) is 0 Å². The summed E-state index contributed by atoms with van der Waals surface area (Å²) in [5.41, 5.74) is 0. The van der Waals surface area contributed by atoms with Crippen LogP contribution < -0.4 is 16.0 Å². The van der Waals surface area contributed by atoms with Crippen molar-refractivity contribution in [1.29, 1.82) is 0 Å². The number of carbonyl (C=O) groups is 3. The number of aliphatic hydroxyl groups is 32. The van der Waals surface area contributed by atoms with Crippen molar-refractivity contribution in [3.63, 3.8) is 0 Å². The summed E-state index contributed by atoms with van der Waals surface area (Å²) >= 11 is 0. The van der Waals surface area contributed by atoms with Crippen LogP contribution in [0.4, 0.5) is 0 Å². The van der Waals surface area contributed by atoms with E-state index in [2.05, 4.69) is 16.0 Å². The molecule has 1 unspecified atom stereocenters. The third-order valence-corrected chi connectivity index (χ3v) is 24.2. The second kappa shape index (κ2) is 47.0. The number of ether oxygens (including phenoxy) is 21. The Morgan fingerprint density at radius 1 is 0.198 bits per heavy atom. The highest BCUT2D eigenvalue weighted by Gasteiger charge is 2.63. The Hall–Kier alpha value is -3.71. The van der Waals surface area contributed by atoms with Crippen molar-refractivity contribution in [3.05, 3.63) is 0 Å². The molecule has 35 N–H and O–H groups in total. The molecular formula is C72H121N3O56. The van der Waals surface area contributed by atoms with Gasteiger partial charge in [0, 0.05) is 20.8 Å². The maximum Gasteiger partial charge on any atom is 0.217 e. The summed E-state index contributed by atoms with van der Waals surface area (Å²) in [4.78, 5) is 38.3. The van der Waals surface area contributed by atoms with Crippen LogP contribution in [0.2, 0.25) is 0 Å². The summed E-state index contributed by atoms with van der Waals surface area (Å²) in [5.74, 6) is -2.78. The van der Waals surface area contributed by atoms with E-state index >= 15 is 0 Å². The number of carbonyl (C=O) groups excluding carboxylic acids is 3. The molecule has 55 atom stereocenters. The maximum absolute atomic E-state index is 13.1. The second-order valence-electron chi connectivity index (χ2n) is 33.0. The molecule has 11 aliphatic rings. The van der Waals surface area contributed by atoms with E-state index in [9.17, 15) is 178 Å². The first-order valence-electron chi connectivity index (χ1n) is 41.7. The molecule has 11 heterocycles. The number of hydrogen-bond donors (Lipinski definition) is 35. The molecule has 11 fully saturated rings. The lowest BCUT2D eigenvalue weighted by Gasteiger charge is -2.51. The van der Waals surface area contributed by atoms with E-state index in [4.69, 9.17) is 99.5 Å². The largest absolute Gasteiger partial charge is 0.394 e. The van der Waals surface area contributed by atoms with Crippen LogP contribution in [0.15, 0.2) is 0 Å². The summed E-state index contributed by atoms with van der Waals surface area (Å²) in [6.07, 6.45) is -115. The Morgan fingerprint density at radius 3 is 0.725 bits per heavy atom. The van der Waals surface area contributed by atoms with Crippen molar-refractivity contribution in [2.75, 3.05) is 72.7 Å². The van der Waals surface area contributed by atoms with E-state index < -0.39 is 428 Å². The van der Waals surface area contributed by atoms with Gasteiger partial charge in [-0.25, -0.2) is 0 Å². The van der Waals surface area contributed by atoms with Crippen LogP contribution in [-0.4, -0.2) is 591 Å². The van der Waals surface area contributed by atoms with Gasteiger partial charge in [-0.15, -0.1) is 0 Å². The predicted octanol–water partition coefficient (Wildman–Crippen LogP) is -24.5.